The van der Waals surface area contributed by atoms with E-state index in [1.165, 1.54) is 12.8 Å². The summed E-state index contributed by atoms with van der Waals surface area (Å²) in [6.45, 7) is 0.384. The molecule has 0 saturated heterocycles. The first-order valence-electron chi connectivity index (χ1n) is 6.70. The largest absolute Gasteiger partial charge is 0.356 e. The van der Waals surface area contributed by atoms with Crippen LogP contribution in [0.15, 0.2) is 28.8 Å². The first-order chi connectivity index (χ1) is 9.33. The van der Waals surface area contributed by atoms with E-state index in [4.69, 9.17) is 4.52 Å². The summed E-state index contributed by atoms with van der Waals surface area (Å²) < 4.78 is 5.19. The fourth-order valence-electron chi connectivity index (χ4n) is 2.54. The number of hydrogen-bond donors (Lipinski definition) is 2. The number of para-hydroxylation sites is 1. The maximum absolute atomic E-state index is 11.7. The van der Waals surface area contributed by atoms with Crippen LogP contribution in [0.25, 0.3) is 11.0 Å². The first kappa shape index (κ1) is 12.0. The number of urea groups is 1. The van der Waals surface area contributed by atoms with Crippen LogP contribution in [0.5, 0.6) is 0 Å². The number of aromatic nitrogens is 1. The van der Waals surface area contributed by atoms with Crippen LogP contribution >= 0.6 is 0 Å². The van der Waals surface area contributed by atoms with Crippen LogP contribution in [0, 0.1) is 0 Å². The van der Waals surface area contributed by atoms with Gasteiger partial charge in [-0.2, -0.15) is 0 Å². The number of rotatable bonds is 3. The third-order valence-corrected chi connectivity index (χ3v) is 3.56. The molecule has 0 bridgehead atoms. The van der Waals surface area contributed by atoms with Crippen molar-refractivity contribution >= 4 is 17.0 Å². The van der Waals surface area contributed by atoms with Crippen LogP contribution in [-0.2, 0) is 6.54 Å². The predicted molar refractivity (Wildman–Crippen MR) is 71.6 cm³/mol. The number of nitrogens with one attached hydrogen (secondary N) is 2. The van der Waals surface area contributed by atoms with Crippen LogP contribution < -0.4 is 10.6 Å². The van der Waals surface area contributed by atoms with Gasteiger partial charge in [0.15, 0.2) is 5.58 Å². The summed E-state index contributed by atoms with van der Waals surface area (Å²) in [5, 5.41) is 10.7. The van der Waals surface area contributed by atoms with Crippen molar-refractivity contribution in [2.75, 3.05) is 0 Å². The van der Waals surface area contributed by atoms with Gasteiger partial charge < -0.3 is 15.2 Å². The summed E-state index contributed by atoms with van der Waals surface area (Å²) in [4.78, 5) is 11.7. The number of hydrogen-bond acceptors (Lipinski definition) is 3. The van der Waals surface area contributed by atoms with Gasteiger partial charge >= 0.3 is 6.03 Å². The zero-order valence-electron chi connectivity index (χ0n) is 10.7. The Bertz CT molecular complexity index is 573. The normalized spacial score (nSPS) is 15.8. The number of nitrogens with zero attached hydrogens (tertiary/aromatic N) is 1. The van der Waals surface area contributed by atoms with Crippen molar-refractivity contribution < 1.29 is 9.32 Å². The van der Waals surface area contributed by atoms with Crippen molar-refractivity contribution in [2.24, 2.45) is 0 Å². The Labute approximate surface area is 111 Å². The second-order valence-electron chi connectivity index (χ2n) is 4.93. The maximum Gasteiger partial charge on any atom is 0.315 e. The predicted octanol–water partition coefficient (Wildman–Crippen LogP) is 2.57. The molecule has 100 valence electrons. The Morgan fingerprint density at radius 1 is 1.32 bits per heavy atom. The summed E-state index contributed by atoms with van der Waals surface area (Å²) in [5.74, 6) is 0. The molecule has 1 heterocycles. The van der Waals surface area contributed by atoms with Crippen molar-refractivity contribution in [1.82, 2.24) is 15.8 Å². The Balaban J connectivity index is 1.58. The van der Waals surface area contributed by atoms with Crippen molar-refractivity contribution in [2.45, 2.75) is 38.3 Å². The van der Waals surface area contributed by atoms with Gasteiger partial charge in [0.1, 0.15) is 5.69 Å². The van der Waals surface area contributed by atoms with Crippen LogP contribution in [-0.4, -0.2) is 17.2 Å². The van der Waals surface area contributed by atoms with Crippen LogP contribution in [0.2, 0.25) is 0 Å². The second-order valence-corrected chi connectivity index (χ2v) is 4.93. The van der Waals surface area contributed by atoms with Crippen molar-refractivity contribution in [3.8, 4) is 0 Å². The molecular weight excluding hydrogens is 242 g/mol. The lowest BCUT2D eigenvalue weighted by Crippen LogP contribution is -2.40. The zero-order valence-corrected chi connectivity index (χ0v) is 10.7. The van der Waals surface area contributed by atoms with Gasteiger partial charge in [0.25, 0.3) is 0 Å². The maximum atomic E-state index is 11.7. The fraction of sp³-hybridized carbons (Fsp3) is 0.429. The van der Waals surface area contributed by atoms with Gasteiger partial charge in [-0.1, -0.05) is 30.1 Å². The molecule has 5 heteroatoms. The fourth-order valence-corrected chi connectivity index (χ4v) is 2.54. The first-order valence-corrected chi connectivity index (χ1v) is 6.70. The van der Waals surface area contributed by atoms with Crippen molar-refractivity contribution in [3.63, 3.8) is 0 Å². The summed E-state index contributed by atoms with van der Waals surface area (Å²) in [7, 11) is 0. The highest BCUT2D eigenvalue weighted by atomic mass is 16.5. The topological polar surface area (TPSA) is 67.2 Å². The summed E-state index contributed by atoms with van der Waals surface area (Å²) >= 11 is 0. The van der Waals surface area contributed by atoms with Crippen LogP contribution in [0.3, 0.4) is 0 Å². The zero-order chi connectivity index (χ0) is 13.1. The monoisotopic (exact) mass is 259 g/mol. The van der Waals surface area contributed by atoms with Gasteiger partial charge in [-0.25, -0.2) is 4.79 Å². The molecule has 1 aromatic carbocycles. The van der Waals surface area contributed by atoms with E-state index < -0.39 is 0 Å². The van der Waals surface area contributed by atoms with E-state index >= 15 is 0 Å². The Hall–Kier alpha value is -2.04. The standard InChI is InChI=1S/C14H17N3O2/c18-14(16-10-5-1-2-6-10)15-9-12-11-7-3-4-8-13(11)19-17-12/h3-4,7-8,10H,1-2,5-6,9H2,(H2,15,16,18). The molecule has 1 fully saturated rings. The Morgan fingerprint density at radius 3 is 2.95 bits per heavy atom. The lowest BCUT2D eigenvalue weighted by Gasteiger charge is -2.12. The van der Waals surface area contributed by atoms with E-state index in [1.807, 2.05) is 24.3 Å². The number of fused-ring (bicyclic) bond motifs is 1. The summed E-state index contributed by atoms with van der Waals surface area (Å²) in [6.07, 6.45) is 4.58. The highest BCUT2D eigenvalue weighted by molar-refractivity contribution is 5.80. The van der Waals surface area contributed by atoms with E-state index in [2.05, 4.69) is 15.8 Å². The highest BCUT2D eigenvalue weighted by Gasteiger charge is 2.17. The lowest BCUT2D eigenvalue weighted by atomic mass is 10.2. The molecular formula is C14H17N3O2. The van der Waals surface area contributed by atoms with Gasteiger partial charge in [0.05, 0.1) is 6.54 Å². The number of carbonyl (C=O) groups is 1. The molecule has 0 aliphatic heterocycles. The number of benzene rings is 1. The van der Waals surface area contributed by atoms with Gasteiger partial charge in [-0.05, 0) is 25.0 Å². The molecule has 0 radical (unpaired) electrons. The third kappa shape index (κ3) is 2.70. The van der Waals surface area contributed by atoms with E-state index in [1.54, 1.807) is 0 Å². The van der Waals surface area contributed by atoms with Crippen LogP contribution in [0.4, 0.5) is 4.79 Å². The molecule has 1 aromatic heterocycles. The molecule has 3 rings (SSSR count). The molecule has 5 nitrogen and oxygen atoms in total. The smallest absolute Gasteiger partial charge is 0.315 e. The van der Waals surface area contributed by atoms with Gasteiger partial charge in [-0.15, -0.1) is 0 Å². The highest BCUT2D eigenvalue weighted by Crippen LogP contribution is 2.18. The molecule has 1 saturated carbocycles. The Kier molecular flexibility index (Phi) is 3.35. The van der Waals surface area contributed by atoms with Crippen molar-refractivity contribution in [1.29, 1.82) is 0 Å². The van der Waals surface area contributed by atoms with Crippen LogP contribution in [0.1, 0.15) is 31.4 Å². The van der Waals surface area contributed by atoms with Gasteiger partial charge in [0.2, 0.25) is 0 Å². The molecule has 1 aliphatic rings. The molecule has 0 atom stereocenters. The summed E-state index contributed by atoms with van der Waals surface area (Å²) in [5.41, 5.74) is 1.51. The van der Waals surface area contributed by atoms with E-state index in [0.29, 0.717) is 12.6 Å². The molecule has 2 amide bonds. The second kappa shape index (κ2) is 5.30. The van der Waals surface area contributed by atoms with Crippen molar-refractivity contribution in [3.05, 3.63) is 30.0 Å². The number of amides is 2. The molecule has 0 spiro atoms. The minimum absolute atomic E-state index is 0.126. The van der Waals surface area contributed by atoms with E-state index in [9.17, 15) is 4.79 Å². The third-order valence-electron chi connectivity index (χ3n) is 3.56. The minimum atomic E-state index is -0.126. The van der Waals surface area contributed by atoms with E-state index in [-0.39, 0.29) is 6.03 Å². The lowest BCUT2D eigenvalue weighted by molar-refractivity contribution is 0.236. The average molecular weight is 259 g/mol. The quantitative estimate of drug-likeness (QED) is 0.890. The van der Waals surface area contributed by atoms with Gasteiger partial charge in [0, 0.05) is 11.4 Å². The molecule has 2 N–H and O–H groups in total. The molecule has 19 heavy (non-hydrogen) atoms. The minimum Gasteiger partial charge on any atom is -0.356 e. The SMILES string of the molecule is O=C(NCc1noc2ccccc12)NC1CCCC1. The molecule has 0 unspecified atom stereocenters. The van der Waals surface area contributed by atoms with E-state index in [0.717, 1.165) is 29.5 Å². The summed E-state index contributed by atoms with van der Waals surface area (Å²) in [6, 6.07) is 7.84. The number of carbonyl (C=O) groups excluding carboxylic acids is 1. The molecule has 1 aliphatic carbocycles. The van der Waals surface area contributed by atoms with Gasteiger partial charge in [-0.3, -0.25) is 0 Å². The molecule has 2 aromatic rings. The Morgan fingerprint density at radius 2 is 2.11 bits per heavy atom. The average Bonchev–Trinajstić information content (AvgIpc) is 3.05.